The number of carboxylic acids is 1. The Bertz CT molecular complexity index is 658. The van der Waals surface area contributed by atoms with E-state index in [4.69, 9.17) is 16.3 Å². The molecule has 1 atom stereocenters. The van der Waals surface area contributed by atoms with Crippen molar-refractivity contribution in [3.63, 3.8) is 0 Å². The molecule has 1 unspecified atom stereocenters. The van der Waals surface area contributed by atoms with Crippen molar-refractivity contribution in [3.05, 3.63) is 64.4 Å². The number of halogens is 2. The molecule has 0 spiro atoms. The molecule has 2 rings (SSSR count). The van der Waals surface area contributed by atoms with Crippen molar-refractivity contribution in [1.29, 1.82) is 0 Å². The van der Waals surface area contributed by atoms with Crippen LogP contribution in [-0.4, -0.2) is 18.2 Å². The molecule has 0 amide bonds. The highest BCUT2D eigenvalue weighted by Gasteiger charge is 2.21. The second kappa shape index (κ2) is 6.59. The van der Waals surface area contributed by atoms with E-state index in [1.807, 2.05) is 0 Å². The van der Waals surface area contributed by atoms with Crippen molar-refractivity contribution < 1.29 is 19.0 Å². The molecule has 0 aliphatic rings. The molecule has 0 heterocycles. The number of aliphatic carboxylic acids is 1. The van der Waals surface area contributed by atoms with Gasteiger partial charge in [-0.25, -0.2) is 4.39 Å². The van der Waals surface area contributed by atoms with Gasteiger partial charge in [-0.1, -0.05) is 29.8 Å². The maximum Gasteiger partial charge on any atom is 0.311 e. The highest BCUT2D eigenvalue weighted by molar-refractivity contribution is 6.30. The van der Waals surface area contributed by atoms with Crippen LogP contribution in [-0.2, 0) is 11.2 Å². The van der Waals surface area contributed by atoms with Crippen LogP contribution in [0.4, 0.5) is 4.39 Å². The molecule has 110 valence electrons. The van der Waals surface area contributed by atoms with Crippen LogP contribution in [0.5, 0.6) is 5.75 Å². The topological polar surface area (TPSA) is 46.5 Å². The molecule has 0 saturated heterocycles. The molecule has 0 fully saturated rings. The van der Waals surface area contributed by atoms with E-state index in [9.17, 15) is 14.3 Å². The first-order chi connectivity index (χ1) is 10.0. The van der Waals surface area contributed by atoms with Gasteiger partial charge >= 0.3 is 5.97 Å². The van der Waals surface area contributed by atoms with Crippen molar-refractivity contribution in [2.75, 3.05) is 7.11 Å². The molecule has 0 saturated carbocycles. The SMILES string of the molecule is COc1ccc(CC(C(=O)O)c2cccc(Cl)c2)cc1F. The normalized spacial score (nSPS) is 12.0. The quantitative estimate of drug-likeness (QED) is 0.911. The molecule has 3 nitrogen and oxygen atoms in total. The van der Waals surface area contributed by atoms with Gasteiger partial charge in [-0.2, -0.15) is 0 Å². The third-order valence-electron chi connectivity index (χ3n) is 3.21. The first kappa shape index (κ1) is 15.3. The first-order valence-electron chi connectivity index (χ1n) is 6.32. The Labute approximate surface area is 126 Å². The molecule has 2 aromatic rings. The average molecular weight is 309 g/mol. The smallest absolute Gasteiger partial charge is 0.311 e. The number of benzene rings is 2. The fourth-order valence-corrected chi connectivity index (χ4v) is 2.34. The summed E-state index contributed by atoms with van der Waals surface area (Å²) in [5.41, 5.74) is 1.17. The number of methoxy groups -OCH3 is 1. The van der Waals surface area contributed by atoms with Crippen molar-refractivity contribution in [3.8, 4) is 5.75 Å². The van der Waals surface area contributed by atoms with E-state index >= 15 is 0 Å². The summed E-state index contributed by atoms with van der Waals surface area (Å²) < 4.78 is 18.5. The van der Waals surface area contributed by atoms with Crippen LogP contribution >= 0.6 is 11.6 Å². The van der Waals surface area contributed by atoms with Gasteiger partial charge in [0, 0.05) is 5.02 Å². The zero-order valence-electron chi connectivity index (χ0n) is 11.3. The van der Waals surface area contributed by atoms with E-state index in [1.54, 1.807) is 30.3 Å². The van der Waals surface area contributed by atoms with E-state index in [0.717, 1.165) is 0 Å². The minimum Gasteiger partial charge on any atom is -0.494 e. The fourth-order valence-electron chi connectivity index (χ4n) is 2.14. The maximum absolute atomic E-state index is 13.7. The van der Waals surface area contributed by atoms with Crippen LogP contribution in [0.3, 0.4) is 0 Å². The number of hydrogen-bond donors (Lipinski definition) is 1. The summed E-state index contributed by atoms with van der Waals surface area (Å²) in [6, 6.07) is 11.1. The predicted molar refractivity (Wildman–Crippen MR) is 78.5 cm³/mol. The van der Waals surface area contributed by atoms with Crippen molar-refractivity contribution in [1.82, 2.24) is 0 Å². The van der Waals surface area contributed by atoms with E-state index in [1.165, 1.54) is 19.2 Å². The lowest BCUT2D eigenvalue weighted by Gasteiger charge is -2.14. The van der Waals surface area contributed by atoms with Gasteiger partial charge in [-0.05, 0) is 41.8 Å². The molecule has 0 aliphatic carbocycles. The monoisotopic (exact) mass is 308 g/mol. The van der Waals surface area contributed by atoms with E-state index in [-0.39, 0.29) is 12.2 Å². The Kier molecular flexibility index (Phi) is 4.81. The number of ether oxygens (including phenoxy) is 1. The van der Waals surface area contributed by atoms with E-state index in [0.29, 0.717) is 16.1 Å². The van der Waals surface area contributed by atoms with Crippen molar-refractivity contribution in [2.45, 2.75) is 12.3 Å². The minimum atomic E-state index is -0.978. The summed E-state index contributed by atoms with van der Waals surface area (Å²) in [5, 5.41) is 9.86. The average Bonchev–Trinajstić information content (AvgIpc) is 2.44. The fraction of sp³-hybridized carbons (Fsp3) is 0.188. The zero-order valence-corrected chi connectivity index (χ0v) is 12.1. The highest BCUT2D eigenvalue weighted by Crippen LogP contribution is 2.26. The number of hydrogen-bond acceptors (Lipinski definition) is 2. The molecule has 5 heteroatoms. The van der Waals surface area contributed by atoms with Gasteiger partial charge in [0.1, 0.15) is 0 Å². The summed E-state index contributed by atoms with van der Waals surface area (Å²) in [6.07, 6.45) is 0.177. The Balaban J connectivity index is 2.29. The third kappa shape index (κ3) is 3.73. The Hall–Kier alpha value is -2.07. The van der Waals surface area contributed by atoms with Gasteiger partial charge in [0.2, 0.25) is 0 Å². The minimum absolute atomic E-state index is 0.133. The third-order valence-corrected chi connectivity index (χ3v) is 3.44. The van der Waals surface area contributed by atoms with Gasteiger partial charge in [-0.15, -0.1) is 0 Å². The molecule has 0 bridgehead atoms. The van der Waals surface area contributed by atoms with Crippen LogP contribution in [0.2, 0.25) is 5.02 Å². The molecule has 0 aromatic heterocycles. The maximum atomic E-state index is 13.7. The van der Waals surface area contributed by atoms with Gasteiger partial charge in [-0.3, -0.25) is 4.79 Å². The Morgan fingerprint density at radius 2 is 2.10 bits per heavy atom. The number of carbonyl (C=O) groups is 1. The van der Waals surface area contributed by atoms with Gasteiger partial charge in [0.25, 0.3) is 0 Å². The molecular formula is C16H14ClFO3. The molecule has 2 aromatic carbocycles. The second-order valence-electron chi connectivity index (χ2n) is 4.62. The van der Waals surface area contributed by atoms with Crippen LogP contribution < -0.4 is 4.74 Å². The van der Waals surface area contributed by atoms with Crippen LogP contribution in [0, 0.1) is 5.82 Å². The lowest BCUT2D eigenvalue weighted by atomic mass is 9.92. The predicted octanol–water partition coefficient (Wildman–Crippen LogP) is 3.90. The Morgan fingerprint density at radius 3 is 2.67 bits per heavy atom. The van der Waals surface area contributed by atoms with Crippen LogP contribution in [0.25, 0.3) is 0 Å². The molecule has 0 aliphatic heterocycles. The molecule has 1 N–H and O–H groups in total. The van der Waals surface area contributed by atoms with Crippen LogP contribution in [0.15, 0.2) is 42.5 Å². The summed E-state index contributed by atoms with van der Waals surface area (Å²) in [5.74, 6) is -2.14. The molecular weight excluding hydrogens is 295 g/mol. The molecule has 0 radical (unpaired) electrons. The van der Waals surface area contributed by atoms with E-state index in [2.05, 4.69) is 0 Å². The zero-order chi connectivity index (χ0) is 15.4. The van der Waals surface area contributed by atoms with Crippen molar-refractivity contribution >= 4 is 17.6 Å². The first-order valence-corrected chi connectivity index (χ1v) is 6.69. The highest BCUT2D eigenvalue weighted by atomic mass is 35.5. The molecule has 21 heavy (non-hydrogen) atoms. The standard InChI is InChI=1S/C16H14ClFO3/c1-21-15-6-5-10(8-14(15)18)7-13(16(19)20)11-3-2-4-12(17)9-11/h2-6,8-9,13H,7H2,1H3,(H,19,20). The largest absolute Gasteiger partial charge is 0.494 e. The second-order valence-corrected chi connectivity index (χ2v) is 5.06. The van der Waals surface area contributed by atoms with Gasteiger partial charge < -0.3 is 9.84 Å². The number of rotatable bonds is 5. The van der Waals surface area contributed by atoms with E-state index < -0.39 is 17.7 Å². The van der Waals surface area contributed by atoms with Gasteiger partial charge in [0.05, 0.1) is 13.0 Å². The summed E-state index contributed by atoms with van der Waals surface area (Å²) in [4.78, 5) is 11.5. The summed E-state index contributed by atoms with van der Waals surface area (Å²) in [7, 11) is 1.38. The number of carboxylic acid groups (broad SMARTS) is 1. The van der Waals surface area contributed by atoms with Gasteiger partial charge in [0.15, 0.2) is 11.6 Å². The Morgan fingerprint density at radius 1 is 1.33 bits per heavy atom. The lowest BCUT2D eigenvalue weighted by molar-refractivity contribution is -0.138. The van der Waals surface area contributed by atoms with Crippen molar-refractivity contribution in [2.24, 2.45) is 0 Å². The summed E-state index contributed by atoms with van der Waals surface area (Å²) >= 11 is 5.89. The lowest BCUT2D eigenvalue weighted by Crippen LogP contribution is -2.14. The summed E-state index contributed by atoms with van der Waals surface area (Å²) in [6.45, 7) is 0. The van der Waals surface area contributed by atoms with Crippen LogP contribution in [0.1, 0.15) is 17.0 Å².